The van der Waals surface area contributed by atoms with Crippen molar-refractivity contribution in [1.82, 2.24) is 4.98 Å². The normalized spacial score (nSPS) is 10.8. The van der Waals surface area contributed by atoms with Gasteiger partial charge in [0.1, 0.15) is 5.75 Å². The maximum atomic E-state index is 5.80. The number of anilines is 1. The van der Waals surface area contributed by atoms with Gasteiger partial charge in [0.15, 0.2) is 0 Å². The minimum atomic E-state index is 0.626. The lowest BCUT2D eigenvalue weighted by molar-refractivity contribution is 0.172. The largest absolute Gasteiger partial charge is 0.493 e. The van der Waals surface area contributed by atoms with Gasteiger partial charge >= 0.3 is 0 Å². The van der Waals surface area contributed by atoms with Gasteiger partial charge < -0.3 is 15.2 Å². The van der Waals surface area contributed by atoms with Crippen LogP contribution in [0.4, 0.5) is 5.69 Å². The molecule has 0 saturated carbocycles. The fourth-order valence-electron chi connectivity index (χ4n) is 1.84. The molecule has 96 valence electrons. The number of nitrogen functional groups attached to an aromatic ring is 1. The third-order valence-electron chi connectivity index (χ3n) is 2.67. The second-order valence-corrected chi connectivity index (χ2v) is 4.23. The molecule has 0 atom stereocenters. The molecule has 4 heteroatoms. The Morgan fingerprint density at radius 3 is 2.83 bits per heavy atom. The Labute approximate surface area is 107 Å². The summed E-state index contributed by atoms with van der Waals surface area (Å²) in [6.45, 7) is 3.28. The zero-order valence-corrected chi connectivity index (χ0v) is 10.8. The lowest BCUT2D eigenvalue weighted by Gasteiger charge is -2.10. The fourth-order valence-corrected chi connectivity index (χ4v) is 1.84. The standard InChI is InChI=1S/C14H18N2O2/c1-10-8-14(18-7-3-6-17-2)12-9-11(15)4-5-13(12)16-10/h4-5,8-9H,3,6-7,15H2,1-2H3. The van der Waals surface area contributed by atoms with E-state index in [1.807, 2.05) is 31.2 Å². The molecule has 0 amide bonds. The number of ether oxygens (including phenoxy) is 2. The molecule has 0 aliphatic carbocycles. The predicted molar refractivity (Wildman–Crippen MR) is 72.9 cm³/mol. The zero-order valence-electron chi connectivity index (χ0n) is 10.8. The molecule has 1 aromatic carbocycles. The van der Waals surface area contributed by atoms with Gasteiger partial charge in [0.2, 0.25) is 0 Å². The topological polar surface area (TPSA) is 57.4 Å². The molecule has 2 N–H and O–H groups in total. The molecule has 0 spiro atoms. The predicted octanol–water partition coefficient (Wildman–Crippen LogP) is 2.54. The number of hydrogen-bond donors (Lipinski definition) is 1. The highest BCUT2D eigenvalue weighted by molar-refractivity contribution is 5.87. The number of methoxy groups -OCH3 is 1. The lowest BCUT2D eigenvalue weighted by atomic mass is 10.1. The van der Waals surface area contributed by atoms with Crippen LogP contribution in [-0.4, -0.2) is 25.3 Å². The SMILES string of the molecule is COCCCOc1cc(C)nc2ccc(N)cc12. The summed E-state index contributed by atoms with van der Waals surface area (Å²) >= 11 is 0. The molecule has 0 aliphatic rings. The molecule has 1 aromatic heterocycles. The number of aryl methyl sites for hydroxylation is 1. The van der Waals surface area contributed by atoms with Crippen molar-refractivity contribution in [3.8, 4) is 5.75 Å². The average Bonchev–Trinajstić information content (AvgIpc) is 2.35. The monoisotopic (exact) mass is 246 g/mol. The molecule has 1 heterocycles. The van der Waals surface area contributed by atoms with E-state index in [9.17, 15) is 0 Å². The van der Waals surface area contributed by atoms with Gasteiger partial charge in [-0.2, -0.15) is 0 Å². The van der Waals surface area contributed by atoms with Gasteiger partial charge in [0.05, 0.1) is 12.1 Å². The molecular weight excluding hydrogens is 228 g/mol. The van der Waals surface area contributed by atoms with Gasteiger partial charge in [-0.3, -0.25) is 4.98 Å². The summed E-state index contributed by atoms with van der Waals surface area (Å²) in [7, 11) is 1.69. The van der Waals surface area contributed by atoms with Crippen LogP contribution in [0.1, 0.15) is 12.1 Å². The molecule has 2 rings (SSSR count). The van der Waals surface area contributed by atoms with Crippen LogP contribution in [0, 0.1) is 6.92 Å². The van der Waals surface area contributed by atoms with Crippen molar-refractivity contribution < 1.29 is 9.47 Å². The Balaban J connectivity index is 2.27. The van der Waals surface area contributed by atoms with Crippen LogP contribution in [-0.2, 0) is 4.74 Å². The van der Waals surface area contributed by atoms with E-state index >= 15 is 0 Å². The van der Waals surface area contributed by atoms with E-state index in [0.717, 1.165) is 34.5 Å². The number of benzene rings is 1. The lowest BCUT2D eigenvalue weighted by Crippen LogP contribution is -2.02. The number of nitrogens with zero attached hydrogens (tertiary/aromatic N) is 1. The Morgan fingerprint density at radius 1 is 1.22 bits per heavy atom. The third kappa shape index (κ3) is 2.90. The number of fused-ring (bicyclic) bond motifs is 1. The van der Waals surface area contributed by atoms with Crippen molar-refractivity contribution in [2.45, 2.75) is 13.3 Å². The molecule has 2 aromatic rings. The molecule has 4 nitrogen and oxygen atoms in total. The molecule has 0 aliphatic heterocycles. The van der Waals surface area contributed by atoms with Crippen LogP contribution in [0.25, 0.3) is 10.9 Å². The van der Waals surface area contributed by atoms with Gasteiger partial charge in [0, 0.05) is 43.0 Å². The summed E-state index contributed by atoms with van der Waals surface area (Å²) in [6, 6.07) is 7.60. The highest BCUT2D eigenvalue weighted by atomic mass is 16.5. The molecule has 0 unspecified atom stereocenters. The van der Waals surface area contributed by atoms with Crippen LogP contribution < -0.4 is 10.5 Å². The Kier molecular flexibility index (Phi) is 3.99. The highest BCUT2D eigenvalue weighted by Crippen LogP contribution is 2.27. The molecule has 0 fully saturated rings. The third-order valence-corrected chi connectivity index (χ3v) is 2.67. The molecule has 0 radical (unpaired) electrons. The van der Waals surface area contributed by atoms with Crippen LogP contribution in [0.3, 0.4) is 0 Å². The second kappa shape index (κ2) is 5.69. The van der Waals surface area contributed by atoms with Crippen LogP contribution >= 0.6 is 0 Å². The van der Waals surface area contributed by atoms with Crippen LogP contribution in [0.5, 0.6) is 5.75 Å². The van der Waals surface area contributed by atoms with Crippen molar-refractivity contribution in [1.29, 1.82) is 0 Å². The van der Waals surface area contributed by atoms with E-state index in [1.165, 1.54) is 0 Å². The second-order valence-electron chi connectivity index (χ2n) is 4.23. The molecular formula is C14H18N2O2. The van der Waals surface area contributed by atoms with Gasteiger partial charge in [-0.15, -0.1) is 0 Å². The van der Waals surface area contributed by atoms with Gasteiger partial charge in [-0.1, -0.05) is 0 Å². The highest BCUT2D eigenvalue weighted by Gasteiger charge is 2.05. The van der Waals surface area contributed by atoms with Gasteiger partial charge in [0.25, 0.3) is 0 Å². The van der Waals surface area contributed by atoms with Crippen molar-refractivity contribution >= 4 is 16.6 Å². The maximum absolute atomic E-state index is 5.80. The molecule has 18 heavy (non-hydrogen) atoms. The molecule has 0 bridgehead atoms. The summed E-state index contributed by atoms with van der Waals surface area (Å²) in [6.07, 6.45) is 0.863. The van der Waals surface area contributed by atoms with Gasteiger partial charge in [-0.05, 0) is 25.1 Å². The molecule has 0 saturated heterocycles. The van der Waals surface area contributed by atoms with Crippen molar-refractivity contribution in [2.24, 2.45) is 0 Å². The number of hydrogen-bond acceptors (Lipinski definition) is 4. The van der Waals surface area contributed by atoms with E-state index in [2.05, 4.69) is 4.98 Å². The summed E-state index contributed by atoms with van der Waals surface area (Å²) in [5.74, 6) is 0.834. The first-order valence-corrected chi connectivity index (χ1v) is 5.99. The summed E-state index contributed by atoms with van der Waals surface area (Å²) in [4.78, 5) is 4.46. The van der Waals surface area contributed by atoms with E-state index in [-0.39, 0.29) is 0 Å². The number of rotatable bonds is 5. The first-order chi connectivity index (χ1) is 8.70. The smallest absolute Gasteiger partial charge is 0.130 e. The summed E-state index contributed by atoms with van der Waals surface area (Å²) in [5.41, 5.74) is 8.37. The summed E-state index contributed by atoms with van der Waals surface area (Å²) in [5, 5.41) is 0.956. The van der Waals surface area contributed by atoms with Crippen LogP contribution in [0.15, 0.2) is 24.3 Å². The van der Waals surface area contributed by atoms with E-state index in [4.69, 9.17) is 15.2 Å². The van der Waals surface area contributed by atoms with Crippen molar-refractivity contribution in [3.63, 3.8) is 0 Å². The van der Waals surface area contributed by atoms with E-state index in [0.29, 0.717) is 13.2 Å². The maximum Gasteiger partial charge on any atom is 0.130 e. The first-order valence-electron chi connectivity index (χ1n) is 5.99. The van der Waals surface area contributed by atoms with E-state index in [1.54, 1.807) is 7.11 Å². The van der Waals surface area contributed by atoms with Crippen molar-refractivity contribution in [3.05, 3.63) is 30.0 Å². The Morgan fingerprint density at radius 2 is 2.06 bits per heavy atom. The Bertz CT molecular complexity index is 541. The minimum absolute atomic E-state index is 0.626. The Hall–Kier alpha value is -1.81. The number of pyridine rings is 1. The zero-order chi connectivity index (χ0) is 13.0. The summed E-state index contributed by atoms with van der Waals surface area (Å²) < 4.78 is 10.8. The van der Waals surface area contributed by atoms with Gasteiger partial charge in [-0.25, -0.2) is 0 Å². The fraction of sp³-hybridized carbons (Fsp3) is 0.357. The van der Waals surface area contributed by atoms with E-state index < -0.39 is 0 Å². The van der Waals surface area contributed by atoms with Crippen molar-refractivity contribution in [2.75, 3.05) is 26.1 Å². The first kappa shape index (κ1) is 12.6. The number of nitrogens with two attached hydrogens (primary N) is 1. The van der Waals surface area contributed by atoms with Crippen LogP contribution in [0.2, 0.25) is 0 Å². The quantitative estimate of drug-likeness (QED) is 0.650. The average molecular weight is 246 g/mol. The number of aromatic nitrogens is 1. The minimum Gasteiger partial charge on any atom is -0.493 e.